The molecule has 0 aromatic heterocycles. The van der Waals surface area contributed by atoms with E-state index in [1.54, 1.807) is 73.7 Å². The van der Waals surface area contributed by atoms with E-state index in [1.165, 1.54) is 7.11 Å². The first-order chi connectivity index (χ1) is 19.6. The van der Waals surface area contributed by atoms with Gasteiger partial charge in [0.05, 0.1) is 25.0 Å². The van der Waals surface area contributed by atoms with Crippen LogP contribution >= 0.6 is 11.6 Å². The summed E-state index contributed by atoms with van der Waals surface area (Å²) in [5, 5.41) is 5.47. The first kappa shape index (κ1) is 29.4. The third-order valence-electron chi connectivity index (χ3n) is 6.42. The molecule has 3 amide bonds. The molecule has 0 spiro atoms. The van der Waals surface area contributed by atoms with Gasteiger partial charge in [0.2, 0.25) is 0 Å². The maximum atomic E-state index is 13.2. The van der Waals surface area contributed by atoms with Crippen LogP contribution < -0.4 is 20.3 Å². The number of methoxy groups -OCH3 is 1. The highest BCUT2D eigenvalue weighted by atomic mass is 35.5. The summed E-state index contributed by atoms with van der Waals surface area (Å²) < 4.78 is 10.4. The number of nitrogens with zero attached hydrogens (tertiary/aromatic N) is 1. The van der Waals surface area contributed by atoms with Gasteiger partial charge in [0, 0.05) is 16.9 Å². The van der Waals surface area contributed by atoms with E-state index in [4.69, 9.17) is 21.1 Å². The van der Waals surface area contributed by atoms with Crippen molar-refractivity contribution in [2.45, 2.75) is 27.2 Å². The standard InChI is InChI=1S/C31H30ClN3O6/c1-18(2)15-16-41-31(39)20-7-9-22(10-8-20)33-28(36)21-6-5-19(3)25(17-21)34-27-26(32)29(37)35(30(27)38)23-11-13-24(40-4)14-12-23/h5-14,17-18,34H,15-16H2,1-4H3,(H,33,36). The fourth-order valence-electron chi connectivity index (χ4n) is 3.97. The molecule has 10 heteroatoms. The van der Waals surface area contributed by atoms with Crippen molar-refractivity contribution in [3.8, 4) is 5.75 Å². The van der Waals surface area contributed by atoms with Crippen LogP contribution in [0.4, 0.5) is 17.1 Å². The number of halogens is 1. The number of hydrogen-bond donors (Lipinski definition) is 2. The SMILES string of the molecule is COc1ccc(N2C(=O)C(Cl)=C(Nc3cc(C(=O)Nc4ccc(C(=O)OCCC(C)C)cc4)ccc3C)C2=O)cc1. The number of carbonyl (C=O) groups excluding carboxylic acids is 4. The molecular formula is C31H30ClN3O6. The van der Waals surface area contributed by atoms with Crippen LogP contribution in [0.15, 0.2) is 77.5 Å². The normalized spacial score (nSPS) is 13.1. The van der Waals surface area contributed by atoms with Crippen molar-refractivity contribution in [1.82, 2.24) is 0 Å². The fraction of sp³-hybridized carbons (Fsp3) is 0.226. The average Bonchev–Trinajstić information content (AvgIpc) is 3.17. The maximum Gasteiger partial charge on any atom is 0.338 e. The van der Waals surface area contributed by atoms with Crippen molar-refractivity contribution in [3.63, 3.8) is 0 Å². The second-order valence-electron chi connectivity index (χ2n) is 9.84. The first-order valence-electron chi connectivity index (χ1n) is 13.0. The maximum absolute atomic E-state index is 13.2. The van der Waals surface area contributed by atoms with Crippen LogP contribution in [0.3, 0.4) is 0 Å². The molecule has 212 valence electrons. The minimum Gasteiger partial charge on any atom is -0.497 e. The predicted octanol–water partition coefficient (Wildman–Crippen LogP) is 5.89. The fourth-order valence-corrected chi connectivity index (χ4v) is 4.19. The number of aryl methyl sites for hydroxylation is 1. The molecule has 0 aliphatic carbocycles. The Labute approximate surface area is 243 Å². The zero-order chi connectivity index (χ0) is 29.7. The Kier molecular flexibility index (Phi) is 9.09. The first-order valence-corrected chi connectivity index (χ1v) is 13.4. The van der Waals surface area contributed by atoms with Crippen LogP contribution in [-0.4, -0.2) is 37.4 Å². The highest BCUT2D eigenvalue weighted by Gasteiger charge is 2.39. The zero-order valence-electron chi connectivity index (χ0n) is 23.1. The van der Waals surface area contributed by atoms with Crippen LogP contribution in [0, 0.1) is 12.8 Å². The van der Waals surface area contributed by atoms with Crippen molar-refractivity contribution in [2.75, 3.05) is 29.3 Å². The minimum atomic E-state index is -0.664. The lowest BCUT2D eigenvalue weighted by molar-refractivity contribution is -0.120. The number of benzene rings is 3. The van der Waals surface area contributed by atoms with Gasteiger partial charge in [-0.05, 0) is 85.5 Å². The van der Waals surface area contributed by atoms with Crippen molar-refractivity contribution in [2.24, 2.45) is 5.92 Å². The van der Waals surface area contributed by atoms with Crippen LogP contribution in [0.1, 0.15) is 46.5 Å². The molecule has 3 aromatic carbocycles. The van der Waals surface area contributed by atoms with Crippen LogP contribution in [0.2, 0.25) is 0 Å². The van der Waals surface area contributed by atoms with Crippen molar-refractivity contribution >= 4 is 52.4 Å². The number of hydrogen-bond acceptors (Lipinski definition) is 7. The highest BCUT2D eigenvalue weighted by Crippen LogP contribution is 2.32. The molecule has 1 aliphatic heterocycles. The summed E-state index contributed by atoms with van der Waals surface area (Å²) >= 11 is 6.28. The van der Waals surface area contributed by atoms with E-state index in [0.29, 0.717) is 46.5 Å². The van der Waals surface area contributed by atoms with E-state index < -0.39 is 23.7 Å². The molecular weight excluding hydrogens is 546 g/mol. The number of carbonyl (C=O) groups is 4. The Morgan fingerprint density at radius 2 is 1.59 bits per heavy atom. The summed E-state index contributed by atoms with van der Waals surface area (Å²) in [6.07, 6.45) is 0.780. The molecule has 41 heavy (non-hydrogen) atoms. The van der Waals surface area contributed by atoms with E-state index in [-0.39, 0.29) is 10.7 Å². The monoisotopic (exact) mass is 575 g/mol. The molecule has 0 unspecified atom stereocenters. The van der Waals surface area contributed by atoms with Gasteiger partial charge in [0.25, 0.3) is 17.7 Å². The van der Waals surface area contributed by atoms with Gasteiger partial charge < -0.3 is 20.1 Å². The molecule has 3 aromatic rings. The van der Waals surface area contributed by atoms with Crippen molar-refractivity contribution in [3.05, 3.63) is 94.1 Å². The molecule has 1 aliphatic rings. The second-order valence-corrected chi connectivity index (χ2v) is 10.2. The quantitative estimate of drug-likeness (QED) is 0.229. The van der Waals surface area contributed by atoms with Gasteiger partial charge in [-0.1, -0.05) is 31.5 Å². The summed E-state index contributed by atoms with van der Waals surface area (Å²) in [5.74, 6) is -1.11. The van der Waals surface area contributed by atoms with E-state index in [2.05, 4.69) is 24.5 Å². The summed E-state index contributed by atoms with van der Waals surface area (Å²) in [6.45, 7) is 6.25. The lowest BCUT2D eigenvalue weighted by atomic mass is 10.1. The number of imide groups is 1. The Bertz CT molecular complexity index is 1510. The molecule has 0 atom stereocenters. The summed E-state index contributed by atoms with van der Waals surface area (Å²) in [4.78, 5) is 52.2. The lowest BCUT2D eigenvalue weighted by Gasteiger charge is -2.16. The van der Waals surface area contributed by atoms with Gasteiger partial charge in [-0.2, -0.15) is 0 Å². The molecule has 4 rings (SSSR count). The van der Waals surface area contributed by atoms with Crippen LogP contribution in [0.5, 0.6) is 5.75 Å². The Morgan fingerprint density at radius 3 is 2.22 bits per heavy atom. The van der Waals surface area contributed by atoms with Gasteiger partial charge in [-0.15, -0.1) is 0 Å². The summed E-state index contributed by atoms with van der Waals surface area (Å²) in [6, 6.07) is 17.8. The predicted molar refractivity (Wildman–Crippen MR) is 157 cm³/mol. The van der Waals surface area contributed by atoms with Crippen molar-refractivity contribution in [1.29, 1.82) is 0 Å². The van der Waals surface area contributed by atoms with E-state index in [1.807, 2.05) is 0 Å². The van der Waals surface area contributed by atoms with Gasteiger partial charge >= 0.3 is 5.97 Å². The number of rotatable bonds is 10. The lowest BCUT2D eigenvalue weighted by Crippen LogP contribution is -2.32. The zero-order valence-corrected chi connectivity index (χ0v) is 23.9. The number of anilines is 3. The number of esters is 1. The molecule has 0 bridgehead atoms. The summed E-state index contributed by atoms with van der Waals surface area (Å²) in [5.41, 5.74) is 2.58. The third-order valence-corrected chi connectivity index (χ3v) is 6.77. The molecule has 1 heterocycles. The van der Waals surface area contributed by atoms with Crippen LogP contribution in [0.25, 0.3) is 0 Å². The molecule has 0 saturated carbocycles. The van der Waals surface area contributed by atoms with Gasteiger partial charge in [0.1, 0.15) is 16.5 Å². The van der Waals surface area contributed by atoms with Gasteiger partial charge in [-0.3, -0.25) is 14.4 Å². The van der Waals surface area contributed by atoms with Gasteiger partial charge in [-0.25, -0.2) is 9.69 Å². The highest BCUT2D eigenvalue weighted by molar-refractivity contribution is 6.53. The summed E-state index contributed by atoms with van der Waals surface area (Å²) in [7, 11) is 1.52. The molecule has 0 radical (unpaired) electrons. The number of ether oxygens (including phenoxy) is 2. The van der Waals surface area contributed by atoms with Crippen molar-refractivity contribution < 1.29 is 28.7 Å². The molecule has 2 N–H and O–H groups in total. The second kappa shape index (κ2) is 12.7. The Morgan fingerprint density at radius 1 is 0.927 bits per heavy atom. The molecule has 0 fully saturated rings. The third kappa shape index (κ3) is 6.75. The van der Waals surface area contributed by atoms with Crippen LogP contribution in [-0.2, 0) is 14.3 Å². The number of nitrogens with one attached hydrogen (secondary N) is 2. The topological polar surface area (TPSA) is 114 Å². The molecule has 9 nitrogen and oxygen atoms in total. The van der Waals surface area contributed by atoms with Gasteiger partial charge in [0.15, 0.2) is 0 Å². The van der Waals surface area contributed by atoms with E-state index in [0.717, 1.165) is 16.9 Å². The number of amides is 3. The minimum absolute atomic E-state index is 0.0935. The Hall–Kier alpha value is -4.63. The Balaban J connectivity index is 1.45. The largest absolute Gasteiger partial charge is 0.497 e. The van der Waals surface area contributed by atoms with E-state index >= 15 is 0 Å². The smallest absolute Gasteiger partial charge is 0.338 e. The average molecular weight is 576 g/mol. The molecule has 0 saturated heterocycles. The van der Waals surface area contributed by atoms with E-state index in [9.17, 15) is 19.2 Å².